The van der Waals surface area contributed by atoms with Crippen LogP contribution in [0, 0.1) is 19.9 Å². The largest absolute Gasteiger partial charge is 1.00 e. The van der Waals surface area contributed by atoms with E-state index < -0.39 is 0 Å². The fourth-order valence-electron chi connectivity index (χ4n) is 2.75. The number of benzene rings is 2. The van der Waals surface area contributed by atoms with Gasteiger partial charge in [0.25, 0.3) is 0 Å². The van der Waals surface area contributed by atoms with Gasteiger partial charge in [-0.1, -0.05) is 11.5 Å². The molecule has 0 aliphatic rings. The summed E-state index contributed by atoms with van der Waals surface area (Å²) in [6, 6.07) is 14.0. The van der Waals surface area contributed by atoms with Crippen molar-refractivity contribution in [1.82, 2.24) is 9.38 Å². The Bertz CT molecular complexity index is 938. The standard InChI is InChI=1S/C17H13N2.Li/c1-11-9-15-13-5-3-4-6-14(13)17-18-7-8-19(17)16(15)10-12(11)2;/h3-5,7-10H,1-2H3;/q-1;+1. The minimum Gasteiger partial charge on any atom is -0.340 e. The molecule has 2 heterocycles. The molecule has 0 aliphatic carbocycles. The average Bonchev–Trinajstić information content (AvgIpc) is 2.91. The molecule has 0 saturated heterocycles. The van der Waals surface area contributed by atoms with Crippen molar-refractivity contribution in [3.05, 3.63) is 59.9 Å². The Morgan fingerprint density at radius 1 is 1.10 bits per heavy atom. The van der Waals surface area contributed by atoms with E-state index in [1.165, 1.54) is 27.4 Å². The van der Waals surface area contributed by atoms with Gasteiger partial charge >= 0.3 is 18.9 Å². The zero-order valence-electron chi connectivity index (χ0n) is 11.9. The van der Waals surface area contributed by atoms with E-state index in [0.29, 0.717) is 0 Å². The molecule has 0 atom stereocenters. The number of hydrogen-bond acceptors (Lipinski definition) is 1. The van der Waals surface area contributed by atoms with Crippen LogP contribution in [0.5, 0.6) is 0 Å². The van der Waals surface area contributed by atoms with Gasteiger partial charge in [0.2, 0.25) is 0 Å². The first kappa shape index (κ1) is 13.2. The molecule has 0 N–H and O–H groups in total. The third-order valence-corrected chi connectivity index (χ3v) is 3.88. The van der Waals surface area contributed by atoms with Crippen LogP contribution < -0.4 is 18.9 Å². The number of rotatable bonds is 0. The Labute approximate surface area is 129 Å². The van der Waals surface area contributed by atoms with Crippen LogP contribution in [-0.2, 0) is 0 Å². The fourth-order valence-corrected chi connectivity index (χ4v) is 2.75. The molecule has 0 bridgehead atoms. The van der Waals surface area contributed by atoms with Crippen molar-refractivity contribution in [2.24, 2.45) is 0 Å². The molecular formula is C17H13LiN2. The molecule has 4 aromatic rings. The molecule has 2 aromatic carbocycles. The fraction of sp³-hybridized carbons (Fsp3) is 0.118. The smallest absolute Gasteiger partial charge is 0.340 e. The minimum absolute atomic E-state index is 0. The Hall–Kier alpha value is -1.75. The van der Waals surface area contributed by atoms with Gasteiger partial charge in [-0.15, -0.1) is 29.7 Å². The van der Waals surface area contributed by atoms with Gasteiger partial charge in [-0.2, -0.15) is 0 Å². The summed E-state index contributed by atoms with van der Waals surface area (Å²) in [4.78, 5) is 4.48. The van der Waals surface area contributed by atoms with E-state index in [0.717, 1.165) is 11.0 Å². The van der Waals surface area contributed by atoms with Crippen molar-refractivity contribution in [1.29, 1.82) is 0 Å². The van der Waals surface area contributed by atoms with Gasteiger partial charge < -0.3 is 4.40 Å². The van der Waals surface area contributed by atoms with E-state index >= 15 is 0 Å². The molecule has 20 heavy (non-hydrogen) atoms. The Balaban J connectivity index is 0.00000121. The molecule has 92 valence electrons. The second-order valence-electron chi connectivity index (χ2n) is 5.03. The molecule has 0 fully saturated rings. The quantitative estimate of drug-likeness (QED) is 0.260. The summed E-state index contributed by atoms with van der Waals surface area (Å²) in [6.45, 7) is 4.31. The summed E-state index contributed by atoms with van der Waals surface area (Å²) in [5.74, 6) is 0. The summed E-state index contributed by atoms with van der Waals surface area (Å²) >= 11 is 0. The first-order chi connectivity index (χ1) is 9.25. The predicted molar refractivity (Wildman–Crippen MR) is 78.5 cm³/mol. The van der Waals surface area contributed by atoms with E-state index in [1.54, 1.807) is 0 Å². The summed E-state index contributed by atoms with van der Waals surface area (Å²) in [7, 11) is 0. The molecule has 2 aromatic heterocycles. The molecule has 4 rings (SSSR count). The van der Waals surface area contributed by atoms with Crippen molar-refractivity contribution in [2.75, 3.05) is 0 Å². The predicted octanol–water partition coefficient (Wildman–Crippen LogP) is 1.06. The van der Waals surface area contributed by atoms with E-state index in [9.17, 15) is 0 Å². The summed E-state index contributed by atoms with van der Waals surface area (Å²) < 4.78 is 2.15. The third kappa shape index (κ3) is 1.69. The Morgan fingerprint density at radius 3 is 2.75 bits per heavy atom. The van der Waals surface area contributed by atoms with Crippen LogP contribution >= 0.6 is 0 Å². The normalized spacial score (nSPS) is 11.1. The molecule has 3 heteroatoms. The zero-order chi connectivity index (χ0) is 13.0. The number of aryl methyl sites for hydroxylation is 2. The van der Waals surface area contributed by atoms with Gasteiger partial charge in [0.15, 0.2) is 0 Å². The van der Waals surface area contributed by atoms with E-state index in [1.807, 2.05) is 24.5 Å². The van der Waals surface area contributed by atoms with Gasteiger partial charge in [-0.25, -0.2) is 0 Å². The van der Waals surface area contributed by atoms with Crippen LogP contribution in [0.4, 0.5) is 0 Å². The molecule has 0 amide bonds. The maximum atomic E-state index is 4.48. The van der Waals surface area contributed by atoms with Gasteiger partial charge in [0, 0.05) is 17.9 Å². The van der Waals surface area contributed by atoms with Crippen molar-refractivity contribution < 1.29 is 18.9 Å². The molecule has 0 unspecified atom stereocenters. The summed E-state index contributed by atoms with van der Waals surface area (Å²) in [5, 5.41) is 3.57. The number of fused-ring (bicyclic) bond motifs is 6. The van der Waals surface area contributed by atoms with Crippen LogP contribution in [0.1, 0.15) is 11.1 Å². The van der Waals surface area contributed by atoms with Gasteiger partial charge in [0.05, 0.1) is 5.65 Å². The van der Waals surface area contributed by atoms with Gasteiger partial charge in [0.1, 0.15) is 0 Å². The molecule has 0 radical (unpaired) electrons. The van der Waals surface area contributed by atoms with Crippen molar-refractivity contribution >= 4 is 27.3 Å². The maximum Gasteiger partial charge on any atom is 1.00 e. The van der Waals surface area contributed by atoms with Crippen LogP contribution in [0.2, 0.25) is 0 Å². The van der Waals surface area contributed by atoms with E-state index in [-0.39, 0.29) is 18.9 Å². The first-order valence-corrected chi connectivity index (χ1v) is 6.42. The van der Waals surface area contributed by atoms with Crippen LogP contribution in [0.15, 0.2) is 42.7 Å². The molecule has 0 aliphatic heterocycles. The van der Waals surface area contributed by atoms with Crippen LogP contribution in [0.3, 0.4) is 0 Å². The molecule has 2 nitrogen and oxygen atoms in total. The van der Waals surface area contributed by atoms with Crippen molar-refractivity contribution in [3.63, 3.8) is 0 Å². The van der Waals surface area contributed by atoms with Crippen molar-refractivity contribution in [2.45, 2.75) is 13.8 Å². The van der Waals surface area contributed by atoms with Crippen molar-refractivity contribution in [3.8, 4) is 0 Å². The number of pyridine rings is 1. The van der Waals surface area contributed by atoms with Gasteiger partial charge in [-0.05, 0) is 36.4 Å². The van der Waals surface area contributed by atoms with E-state index in [4.69, 9.17) is 0 Å². The first-order valence-electron chi connectivity index (χ1n) is 6.42. The minimum atomic E-state index is 0. The second kappa shape index (κ2) is 4.66. The Morgan fingerprint density at radius 2 is 1.90 bits per heavy atom. The van der Waals surface area contributed by atoms with Crippen LogP contribution in [0.25, 0.3) is 27.3 Å². The third-order valence-electron chi connectivity index (χ3n) is 3.88. The summed E-state index contributed by atoms with van der Waals surface area (Å²) in [6.07, 6.45) is 3.87. The van der Waals surface area contributed by atoms with Crippen LogP contribution in [-0.4, -0.2) is 9.38 Å². The number of imidazole rings is 1. The molecule has 0 spiro atoms. The Kier molecular flexibility index (Phi) is 3.09. The SMILES string of the molecule is Cc1cc2c3ccc[c-]c3c3nccn3c2cc1C.[Li+]. The second-order valence-corrected chi connectivity index (χ2v) is 5.03. The number of nitrogens with zero attached hydrogens (tertiary/aromatic N) is 2. The monoisotopic (exact) mass is 252 g/mol. The number of hydrogen-bond donors (Lipinski definition) is 0. The zero-order valence-corrected chi connectivity index (χ0v) is 11.9. The maximum absolute atomic E-state index is 4.48. The summed E-state index contributed by atoms with van der Waals surface area (Å²) in [5.41, 5.74) is 4.81. The van der Waals surface area contributed by atoms with E-state index in [2.05, 4.69) is 47.5 Å². The molecular weight excluding hydrogens is 239 g/mol. The topological polar surface area (TPSA) is 17.3 Å². The number of aromatic nitrogens is 2. The van der Waals surface area contributed by atoms with Gasteiger partial charge in [-0.3, -0.25) is 4.98 Å². The molecule has 0 saturated carbocycles. The average molecular weight is 252 g/mol.